The maximum atomic E-state index is 12.1. The number of rotatable bonds is 3. The maximum absolute atomic E-state index is 12.1. The van der Waals surface area contributed by atoms with Gasteiger partial charge in [-0.15, -0.1) is 4.40 Å². The van der Waals surface area contributed by atoms with Gasteiger partial charge in [0.2, 0.25) is 0 Å². The Kier molecular flexibility index (Phi) is 4.26. The minimum Gasteiger partial charge on any atom is -0.199 e. The van der Waals surface area contributed by atoms with Crippen LogP contribution in [-0.2, 0) is 10.0 Å². The van der Waals surface area contributed by atoms with E-state index < -0.39 is 10.0 Å². The van der Waals surface area contributed by atoms with Gasteiger partial charge in [-0.2, -0.15) is 8.42 Å². The normalized spacial score (nSPS) is 12.4. The van der Waals surface area contributed by atoms with Crippen LogP contribution in [0.5, 0.6) is 0 Å². The van der Waals surface area contributed by atoms with Crippen LogP contribution >= 0.6 is 11.6 Å². The summed E-state index contributed by atoms with van der Waals surface area (Å²) in [6.45, 7) is 3.83. The molecule has 0 amide bonds. The van der Waals surface area contributed by atoms with Gasteiger partial charge in [0, 0.05) is 5.56 Å². The van der Waals surface area contributed by atoms with E-state index in [1.165, 1.54) is 12.1 Å². The highest BCUT2D eigenvalue weighted by atomic mass is 35.5. The summed E-state index contributed by atoms with van der Waals surface area (Å²) in [4.78, 5) is 0.133. The zero-order valence-electron chi connectivity index (χ0n) is 11.2. The van der Waals surface area contributed by atoms with Crippen LogP contribution in [0.4, 0.5) is 0 Å². The van der Waals surface area contributed by atoms with E-state index in [4.69, 9.17) is 11.6 Å². The Bertz CT molecular complexity index is 732. The van der Waals surface area contributed by atoms with Crippen molar-refractivity contribution in [3.63, 3.8) is 0 Å². The van der Waals surface area contributed by atoms with Crippen molar-refractivity contribution in [1.29, 1.82) is 0 Å². The Labute approximate surface area is 124 Å². The lowest BCUT2D eigenvalue weighted by molar-refractivity contribution is 0.598. The first kappa shape index (κ1) is 14.8. The molecular weight excluding hydrogens is 294 g/mol. The Morgan fingerprint density at radius 3 is 1.85 bits per heavy atom. The second-order valence-electron chi connectivity index (χ2n) is 4.54. The molecule has 2 aromatic carbocycles. The van der Waals surface area contributed by atoms with Crippen LogP contribution in [0.25, 0.3) is 0 Å². The van der Waals surface area contributed by atoms with Crippen molar-refractivity contribution in [1.82, 2.24) is 0 Å². The molecule has 0 heterocycles. The molecule has 0 unspecified atom stereocenters. The summed E-state index contributed by atoms with van der Waals surface area (Å²) >= 11 is 6.00. The first-order chi connectivity index (χ1) is 9.38. The Balaban J connectivity index is 2.37. The molecule has 0 spiro atoms. The number of hydrogen-bond acceptors (Lipinski definition) is 2. The lowest BCUT2D eigenvalue weighted by Crippen LogP contribution is -2.01. The minimum absolute atomic E-state index is 0.0365. The van der Waals surface area contributed by atoms with E-state index in [0.717, 1.165) is 11.1 Å². The fraction of sp³-hybridized carbons (Fsp3) is 0.133. The van der Waals surface area contributed by atoms with Crippen LogP contribution in [0, 0.1) is 13.8 Å². The largest absolute Gasteiger partial charge is 0.283 e. The zero-order valence-corrected chi connectivity index (χ0v) is 12.7. The molecule has 0 bridgehead atoms. The molecule has 0 atom stereocenters. The van der Waals surface area contributed by atoms with Crippen LogP contribution in [0.3, 0.4) is 0 Å². The number of hydrogen-bond donors (Lipinski definition) is 0. The second kappa shape index (κ2) is 5.77. The summed E-state index contributed by atoms with van der Waals surface area (Å²) in [7, 11) is -3.78. The predicted molar refractivity (Wildman–Crippen MR) is 81.9 cm³/mol. The summed E-state index contributed by atoms with van der Waals surface area (Å²) < 4.78 is 27.9. The molecule has 0 radical (unpaired) electrons. The fourth-order valence-corrected chi connectivity index (χ4v) is 2.91. The van der Waals surface area contributed by atoms with Crippen LogP contribution in [0.1, 0.15) is 16.7 Å². The quantitative estimate of drug-likeness (QED) is 0.812. The standard InChI is InChI=1S/C15H14ClNO2S/c1-11-3-7-13(8-4-11)15(16)17-20(18,19)14-9-5-12(2)6-10-14/h3-10H,1-2H3/b17-15+. The first-order valence-electron chi connectivity index (χ1n) is 6.03. The van der Waals surface area contributed by atoms with E-state index in [1.54, 1.807) is 24.3 Å². The molecule has 5 heteroatoms. The third kappa shape index (κ3) is 3.46. The highest BCUT2D eigenvalue weighted by Crippen LogP contribution is 2.16. The predicted octanol–water partition coefficient (Wildman–Crippen LogP) is 3.68. The summed E-state index contributed by atoms with van der Waals surface area (Å²) in [5.41, 5.74) is 2.63. The molecule has 104 valence electrons. The van der Waals surface area contributed by atoms with Gasteiger partial charge in [0.1, 0.15) is 5.17 Å². The zero-order chi connectivity index (χ0) is 14.8. The van der Waals surface area contributed by atoms with Gasteiger partial charge in [-0.1, -0.05) is 59.1 Å². The monoisotopic (exact) mass is 307 g/mol. The second-order valence-corrected chi connectivity index (χ2v) is 6.50. The Morgan fingerprint density at radius 2 is 1.35 bits per heavy atom. The highest BCUT2D eigenvalue weighted by molar-refractivity contribution is 7.90. The minimum atomic E-state index is -3.78. The van der Waals surface area contributed by atoms with Gasteiger partial charge in [-0.05, 0) is 26.0 Å². The van der Waals surface area contributed by atoms with Crippen molar-refractivity contribution in [2.75, 3.05) is 0 Å². The topological polar surface area (TPSA) is 46.5 Å². The van der Waals surface area contributed by atoms with E-state index in [9.17, 15) is 8.42 Å². The Hall–Kier alpha value is -1.65. The lowest BCUT2D eigenvalue weighted by Gasteiger charge is -2.02. The van der Waals surface area contributed by atoms with Crippen molar-refractivity contribution < 1.29 is 8.42 Å². The molecule has 0 aliphatic carbocycles. The van der Waals surface area contributed by atoms with Crippen LogP contribution in [0.15, 0.2) is 57.8 Å². The summed E-state index contributed by atoms with van der Waals surface area (Å²) in [6, 6.07) is 13.7. The van der Waals surface area contributed by atoms with Crippen LogP contribution in [0.2, 0.25) is 0 Å². The van der Waals surface area contributed by atoms with Crippen molar-refractivity contribution in [2.45, 2.75) is 18.7 Å². The first-order valence-corrected chi connectivity index (χ1v) is 7.84. The van der Waals surface area contributed by atoms with Crippen molar-refractivity contribution >= 4 is 26.8 Å². The van der Waals surface area contributed by atoms with Gasteiger partial charge in [0.25, 0.3) is 10.0 Å². The number of sulfonamides is 1. The lowest BCUT2D eigenvalue weighted by atomic mass is 10.2. The van der Waals surface area contributed by atoms with E-state index >= 15 is 0 Å². The van der Waals surface area contributed by atoms with Gasteiger partial charge in [0.15, 0.2) is 0 Å². The van der Waals surface area contributed by atoms with E-state index in [2.05, 4.69) is 4.40 Å². The van der Waals surface area contributed by atoms with Gasteiger partial charge < -0.3 is 0 Å². The van der Waals surface area contributed by atoms with Crippen LogP contribution in [-0.4, -0.2) is 13.6 Å². The molecule has 0 aliphatic rings. The van der Waals surface area contributed by atoms with Crippen LogP contribution < -0.4 is 0 Å². The fourth-order valence-electron chi connectivity index (χ4n) is 1.61. The van der Waals surface area contributed by atoms with E-state index in [-0.39, 0.29) is 10.1 Å². The smallest absolute Gasteiger partial charge is 0.199 e. The maximum Gasteiger partial charge on any atom is 0.283 e. The molecule has 3 nitrogen and oxygen atoms in total. The summed E-state index contributed by atoms with van der Waals surface area (Å²) in [5, 5.41) is -0.0365. The molecule has 0 fully saturated rings. The average Bonchev–Trinajstić information content (AvgIpc) is 2.39. The molecule has 0 aromatic heterocycles. The molecule has 0 aliphatic heterocycles. The molecule has 0 saturated carbocycles. The van der Waals surface area contributed by atoms with E-state index in [1.807, 2.05) is 26.0 Å². The number of benzene rings is 2. The third-order valence-electron chi connectivity index (χ3n) is 2.81. The molecule has 2 aromatic rings. The van der Waals surface area contributed by atoms with Crippen molar-refractivity contribution in [3.05, 3.63) is 65.2 Å². The van der Waals surface area contributed by atoms with E-state index in [0.29, 0.717) is 5.56 Å². The van der Waals surface area contributed by atoms with Crippen molar-refractivity contribution in [2.24, 2.45) is 4.40 Å². The van der Waals surface area contributed by atoms with Gasteiger partial charge in [-0.25, -0.2) is 0 Å². The molecule has 0 saturated heterocycles. The van der Waals surface area contributed by atoms with Gasteiger partial charge >= 0.3 is 0 Å². The number of nitrogens with zero attached hydrogens (tertiary/aromatic N) is 1. The molecule has 0 N–H and O–H groups in total. The summed E-state index contributed by atoms with van der Waals surface area (Å²) in [6.07, 6.45) is 0. The number of halogens is 1. The third-order valence-corrected chi connectivity index (χ3v) is 4.50. The number of aryl methyl sites for hydroxylation is 2. The van der Waals surface area contributed by atoms with Crippen molar-refractivity contribution in [3.8, 4) is 0 Å². The SMILES string of the molecule is Cc1ccc(/C(Cl)=N\S(=O)(=O)c2ccc(C)cc2)cc1. The molecule has 20 heavy (non-hydrogen) atoms. The highest BCUT2D eigenvalue weighted by Gasteiger charge is 2.14. The molecule has 2 rings (SSSR count). The summed E-state index contributed by atoms with van der Waals surface area (Å²) in [5.74, 6) is 0. The average molecular weight is 308 g/mol. The molecular formula is C15H14ClNO2S. The van der Waals surface area contributed by atoms with Gasteiger partial charge in [-0.3, -0.25) is 0 Å². The Morgan fingerprint density at radius 1 is 0.900 bits per heavy atom. The van der Waals surface area contributed by atoms with Gasteiger partial charge in [0.05, 0.1) is 4.90 Å².